The highest BCUT2D eigenvalue weighted by molar-refractivity contribution is 5.96. The molecule has 0 spiro atoms. The van der Waals surface area contributed by atoms with Crippen molar-refractivity contribution >= 4 is 12.1 Å². The number of carbonyl (C=O) groups is 1. The first-order chi connectivity index (χ1) is 14.8. The molecule has 0 bridgehead atoms. The topological polar surface area (TPSA) is 70.1 Å². The second-order valence-corrected chi connectivity index (χ2v) is 7.27. The minimum Gasteiger partial charge on any atom is -0.272 e. The van der Waals surface area contributed by atoms with E-state index in [9.17, 15) is 4.79 Å². The Morgan fingerprint density at radius 3 is 2.47 bits per heavy atom. The van der Waals surface area contributed by atoms with E-state index >= 15 is 0 Å². The molecule has 5 heteroatoms. The van der Waals surface area contributed by atoms with Gasteiger partial charge < -0.3 is 0 Å². The minimum absolute atomic E-state index is 0.278. The lowest BCUT2D eigenvalue weighted by Crippen LogP contribution is -2.20. The first kappa shape index (κ1) is 18.1. The first-order valence-corrected chi connectivity index (χ1v) is 9.94. The predicted octanol–water partition coefficient (Wildman–Crippen LogP) is 4.61. The number of hydrogen-bond donors (Lipinski definition) is 2. The maximum atomic E-state index is 12.6. The van der Waals surface area contributed by atoms with Crippen molar-refractivity contribution in [3.8, 4) is 22.4 Å². The van der Waals surface area contributed by atoms with Crippen LogP contribution in [0.2, 0.25) is 0 Å². The van der Waals surface area contributed by atoms with Crippen LogP contribution >= 0.6 is 0 Å². The molecule has 0 radical (unpaired) electrons. The van der Waals surface area contributed by atoms with E-state index in [-0.39, 0.29) is 5.91 Å². The number of rotatable bonds is 4. The fourth-order valence-electron chi connectivity index (χ4n) is 3.86. The van der Waals surface area contributed by atoms with E-state index in [0.717, 1.165) is 40.8 Å². The summed E-state index contributed by atoms with van der Waals surface area (Å²) >= 11 is 0. The minimum atomic E-state index is -0.278. The van der Waals surface area contributed by atoms with Gasteiger partial charge in [0.05, 0.1) is 11.9 Å². The highest BCUT2D eigenvalue weighted by atomic mass is 16.2. The van der Waals surface area contributed by atoms with Gasteiger partial charge in [-0.25, -0.2) is 5.43 Å². The fraction of sp³-hybridized carbons (Fsp3) is 0.0800. The SMILES string of the molecule is O=C(NN=Cc1ccc(-c2ccccc2)cc1)c1[nH]nc2c1CCc1ccccc1-2. The summed E-state index contributed by atoms with van der Waals surface area (Å²) in [6.45, 7) is 0. The highest BCUT2D eigenvalue weighted by Gasteiger charge is 2.24. The van der Waals surface area contributed by atoms with Crippen LogP contribution in [0.1, 0.15) is 27.2 Å². The maximum absolute atomic E-state index is 12.6. The third-order valence-electron chi connectivity index (χ3n) is 5.41. The quantitative estimate of drug-likeness (QED) is 0.393. The van der Waals surface area contributed by atoms with Crippen LogP contribution in [0, 0.1) is 0 Å². The zero-order chi connectivity index (χ0) is 20.3. The summed E-state index contributed by atoms with van der Waals surface area (Å²) in [7, 11) is 0. The van der Waals surface area contributed by atoms with Crippen molar-refractivity contribution in [3.63, 3.8) is 0 Å². The van der Waals surface area contributed by atoms with E-state index < -0.39 is 0 Å². The molecular weight excluding hydrogens is 372 g/mol. The molecule has 0 aliphatic heterocycles. The van der Waals surface area contributed by atoms with Crippen LogP contribution in [-0.2, 0) is 12.8 Å². The Hall–Kier alpha value is -3.99. The van der Waals surface area contributed by atoms with Crippen molar-refractivity contribution in [2.24, 2.45) is 5.10 Å². The third kappa shape index (κ3) is 3.42. The summed E-state index contributed by atoms with van der Waals surface area (Å²) in [6.07, 6.45) is 3.33. The van der Waals surface area contributed by atoms with E-state index in [1.54, 1.807) is 6.21 Å². The number of nitrogens with zero attached hydrogens (tertiary/aromatic N) is 2. The summed E-state index contributed by atoms with van der Waals surface area (Å²) in [5, 5.41) is 11.4. The van der Waals surface area contributed by atoms with Crippen LogP contribution in [0.5, 0.6) is 0 Å². The second kappa shape index (κ2) is 7.79. The van der Waals surface area contributed by atoms with Crippen molar-refractivity contribution in [1.29, 1.82) is 0 Å². The number of hydrazone groups is 1. The van der Waals surface area contributed by atoms with E-state index in [1.165, 1.54) is 11.1 Å². The summed E-state index contributed by atoms with van der Waals surface area (Å²) < 4.78 is 0. The first-order valence-electron chi connectivity index (χ1n) is 9.94. The number of H-pyrrole nitrogens is 1. The summed E-state index contributed by atoms with van der Waals surface area (Å²) in [5.41, 5.74) is 10.5. The summed E-state index contributed by atoms with van der Waals surface area (Å²) in [6, 6.07) is 26.4. The van der Waals surface area contributed by atoms with Gasteiger partial charge in [0, 0.05) is 11.1 Å². The molecule has 1 amide bonds. The summed E-state index contributed by atoms with van der Waals surface area (Å²) in [4.78, 5) is 12.6. The van der Waals surface area contributed by atoms with E-state index in [1.807, 2.05) is 60.7 Å². The molecule has 1 aromatic heterocycles. The van der Waals surface area contributed by atoms with E-state index in [2.05, 4.69) is 38.9 Å². The molecule has 1 aliphatic rings. The molecule has 3 aromatic carbocycles. The molecular formula is C25H20N4O. The van der Waals surface area contributed by atoms with Gasteiger partial charge in [-0.3, -0.25) is 9.89 Å². The Morgan fingerprint density at radius 2 is 1.63 bits per heavy atom. The number of carbonyl (C=O) groups excluding carboxylic acids is 1. The van der Waals surface area contributed by atoms with Gasteiger partial charge in [-0.15, -0.1) is 0 Å². The average Bonchev–Trinajstić information content (AvgIpc) is 3.25. The van der Waals surface area contributed by atoms with Crippen molar-refractivity contribution in [2.75, 3.05) is 0 Å². The molecule has 0 saturated carbocycles. The molecule has 2 N–H and O–H groups in total. The number of fused-ring (bicyclic) bond motifs is 3. The van der Waals surface area contributed by atoms with Gasteiger partial charge in [0.2, 0.25) is 0 Å². The van der Waals surface area contributed by atoms with Gasteiger partial charge >= 0.3 is 0 Å². The van der Waals surface area contributed by atoms with Crippen molar-refractivity contribution in [2.45, 2.75) is 12.8 Å². The Kier molecular flexibility index (Phi) is 4.69. The van der Waals surface area contributed by atoms with E-state index in [0.29, 0.717) is 5.69 Å². The van der Waals surface area contributed by atoms with Crippen LogP contribution < -0.4 is 5.43 Å². The molecule has 30 heavy (non-hydrogen) atoms. The lowest BCUT2D eigenvalue weighted by atomic mass is 9.89. The molecule has 5 rings (SSSR count). The molecule has 0 saturated heterocycles. The van der Waals surface area contributed by atoms with Crippen LogP contribution in [0.3, 0.4) is 0 Å². The zero-order valence-corrected chi connectivity index (χ0v) is 16.3. The molecule has 146 valence electrons. The number of hydrogen-bond acceptors (Lipinski definition) is 3. The Morgan fingerprint density at radius 1 is 0.900 bits per heavy atom. The van der Waals surface area contributed by atoms with E-state index in [4.69, 9.17) is 0 Å². The number of amides is 1. The molecule has 4 aromatic rings. The number of aromatic nitrogens is 2. The normalized spacial score (nSPS) is 12.4. The fourth-order valence-corrected chi connectivity index (χ4v) is 3.86. The molecule has 5 nitrogen and oxygen atoms in total. The monoisotopic (exact) mass is 392 g/mol. The molecule has 0 atom stereocenters. The lowest BCUT2D eigenvalue weighted by Gasteiger charge is -2.15. The van der Waals surface area contributed by atoms with Crippen LogP contribution in [-0.4, -0.2) is 22.3 Å². The van der Waals surface area contributed by atoms with Crippen molar-refractivity contribution < 1.29 is 4.79 Å². The number of benzene rings is 3. The number of nitrogens with one attached hydrogen (secondary N) is 2. The average molecular weight is 392 g/mol. The maximum Gasteiger partial charge on any atom is 0.289 e. The van der Waals surface area contributed by atoms with Crippen molar-refractivity contribution in [1.82, 2.24) is 15.6 Å². The standard InChI is InChI=1S/C25H20N4O/c30-25(24-22-15-14-20-8-4-5-9-21(20)23(22)27-28-24)29-26-16-17-10-12-19(13-11-17)18-6-2-1-3-7-18/h1-13,16H,14-15H2,(H,27,28)(H,29,30). The van der Waals surface area contributed by atoms with Gasteiger partial charge in [-0.2, -0.15) is 10.2 Å². The molecule has 0 fully saturated rings. The van der Waals surface area contributed by atoms with Crippen LogP contribution in [0.25, 0.3) is 22.4 Å². The largest absolute Gasteiger partial charge is 0.289 e. The van der Waals surface area contributed by atoms with Gasteiger partial charge in [0.15, 0.2) is 0 Å². The predicted molar refractivity (Wildman–Crippen MR) is 118 cm³/mol. The lowest BCUT2D eigenvalue weighted by molar-refractivity contribution is 0.0949. The van der Waals surface area contributed by atoms with Gasteiger partial charge in [0.1, 0.15) is 5.69 Å². The van der Waals surface area contributed by atoms with Crippen LogP contribution in [0.4, 0.5) is 0 Å². The van der Waals surface area contributed by atoms with Gasteiger partial charge in [0.25, 0.3) is 5.91 Å². The molecule has 1 aliphatic carbocycles. The van der Waals surface area contributed by atoms with Gasteiger partial charge in [-0.05, 0) is 35.1 Å². The molecule has 1 heterocycles. The Balaban J connectivity index is 1.28. The second-order valence-electron chi connectivity index (χ2n) is 7.27. The number of aryl methyl sites for hydroxylation is 1. The smallest absolute Gasteiger partial charge is 0.272 e. The van der Waals surface area contributed by atoms with Crippen molar-refractivity contribution in [3.05, 3.63) is 101 Å². The van der Waals surface area contributed by atoms with Crippen LogP contribution in [0.15, 0.2) is 84.0 Å². The highest BCUT2D eigenvalue weighted by Crippen LogP contribution is 2.33. The third-order valence-corrected chi connectivity index (χ3v) is 5.41. The number of aromatic amines is 1. The summed E-state index contributed by atoms with van der Waals surface area (Å²) in [5.74, 6) is -0.278. The Bertz CT molecular complexity index is 1220. The van der Waals surface area contributed by atoms with Gasteiger partial charge in [-0.1, -0.05) is 78.9 Å². The Labute approximate surface area is 174 Å². The molecule has 0 unspecified atom stereocenters. The zero-order valence-electron chi connectivity index (χ0n) is 16.3.